The number of benzene rings is 3. The van der Waals surface area contributed by atoms with Crippen LogP contribution in [0.15, 0.2) is 89.9 Å². The Kier molecular flexibility index (Phi) is 9.48. The van der Waals surface area contributed by atoms with Crippen LogP contribution in [0.1, 0.15) is 56.7 Å². The number of benzodiazepines with no additional fused rings is 1. The molecule has 7 nitrogen and oxygen atoms in total. The molecule has 3 N–H and O–H groups in total. The predicted molar refractivity (Wildman–Crippen MR) is 159 cm³/mol. The first-order chi connectivity index (χ1) is 19.3. The van der Waals surface area contributed by atoms with Gasteiger partial charge in [0.1, 0.15) is 0 Å². The summed E-state index contributed by atoms with van der Waals surface area (Å²) >= 11 is 0. The maximum Gasteiger partial charge on any atom is 0.272 e. The van der Waals surface area contributed by atoms with E-state index in [1.165, 1.54) is 0 Å². The summed E-state index contributed by atoms with van der Waals surface area (Å²) in [6, 6.07) is 27.0. The van der Waals surface area contributed by atoms with E-state index < -0.39 is 23.9 Å². The minimum Gasteiger partial charge on any atom is -0.369 e. The summed E-state index contributed by atoms with van der Waals surface area (Å²) in [4.78, 5) is 47.0. The number of rotatable bonds is 11. The molecule has 3 unspecified atom stereocenters. The van der Waals surface area contributed by atoms with Crippen LogP contribution in [0, 0.1) is 17.8 Å². The predicted octanol–water partition coefficient (Wildman–Crippen LogP) is 5.08. The third-order valence-corrected chi connectivity index (χ3v) is 7.23. The van der Waals surface area contributed by atoms with Gasteiger partial charge in [-0.3, -0.25) is 14.4 Å². The van der Waals surface area contributed by atoms with E-state index in [1.807, 2.05) is 106 Å². The first-order valence-electron chi connectivity index (χ1n) is 14.0. The maximum atomic E-state index is 14.2. The fourth-order valence-corrected chi connectivity index (χ4v) is 5.34. The van der Waals surface area contributed by atoms with E-state index in [2.05, 4.69) is 5.32 Å². The molecule has 0 aliphatic carbocycles. The summed E-state index contributed by atoms with van der Waals surface area (Å²) in [7, 11) is 0. The molecule has 40 heavy (non-hydrogen) atoms. The number of carbonyl (C=O) groups is 3. The molecule has 1 heterocycles. The van der Waals surface area contributed by atoms with Crippen molar-refractivity contribution in [1.82, 2.24) is 5.32 Å². The average Bonchev–Trinajstić information content (AvgIpc) is 3.06. The largest absolute Gasteiger partial charge is 0.369 e. The first kappa shape index (κ1) is 28.7. The smallest absolute Gasteiger partial charge is 0.272 e. The molecule has 0 bridgehead atoms. The Morgan fingerprint density at radius 3 is 2.17 bits per heavy atom. The molecule has 3 aromatic rings. The molecule has 7 heteroatoms. The van der Waals surface area contributed by atoms with E-state index in [-0.39, 0.29) is 17.7 Å². The van der Waals surface area contributed by atoms with Crippen molar-refractivity contribution in [2.45, 2.75) is 52.7 Å². The number of nitrogens with one attached hydrogen (secondary N) is 1. The van der Waals surface area contributed by atoms with Crippen LogP contribution in [0.2, 0.25) is 0 Å². The molecular formula is C33H38N4O3. The number of amides is 3. The second-order valence-corrected chi connectivity index (χ2v) is 10.7. The second-order valence-electron chi connectivity index (χ2n) is 10.7. The Bertz CT molecular complexity index is 1350. The molecular weight excluding hydrogens is 500 g/mol. The third-order valence-electron chi connectivity index (χ3n) is 7.23. The summed E-state index contributed by atoms with van der Waals surface area (Å²) in [5.41, 5.74) is 9.69. The fraction of sp³-hybridized carbons (Fsp3) is 0.333. The molecule has 4 rings (SSSR count). The number of nitrogens with zero attached hydrogens (tertiary/aromatic N) is 2. The fourth-order valence-electron chi connectivity index (χ4n) is 5.34. The van der Waals surface area contributed by atoms with Gasteiger partial charge in [0, 0.05) is 23.0 Å². The highest BCUT2D eigenvalue weighted by Gasteiger charge is 2.37. The van der Waals surface area contributed by atoms with E-state index in [1.54, 1.807) is 4.90 Å². The molecule has 0 saturated heterocycles. The molecule has 1 aliphatic heterocycles. The molecule has 0 spiro atoms. The number of anilines is 1. The monoisotopic (exact) mass is 538 g/mol. The van der Waals surface area contributed by atoms with Crippen molar-refractivity contribution in [2.75, 3.05) is 4.90 Å². The van der Waals surface area contributed by atoms with Crippen LogP contribution < -0.4 is 16.0 Å². The van der Waals surface area contributed by atoms with Crippen LogP contribution in [-0.2, 0) is 20.9 Å². The number of aliphatic imine (C=N–C) groups is 1. The van der Waals surface area contributed by atoms with Crippen LogP contribution in [-0.4, -0.2) is 29.6 Å². The van der Waals surface area contributed by atoms with Gasteiger partial charge < -0.3 is 16.0 Å². The van der Waals surface area contributed by atoms with Crippen LogP contribution in [0.4, 0.5) is 5.69 Å². The van der Waals surface area contributed by atoms with Crippen molar-refractivity contribution in [1.29, 1.82) is 0 Å². The molecule has 0 saturated carbocycles. The highest BCUT2D eigenvalue weighted by Crippen LogP contribution is 2.30. The molecule has 208 valence electrons. The lowest BCUT2D eigenvalue weighted by Gasteiger charge is -2.28. The maximum absolute atomic E-state index is 14.2. The zero-order valence-electron chi connectivity index (χ0n) is 23.4. The lowest BCUT2D eigenvalue weighted by Crippen LogP contribution is -2.50. The highest BCUT2D eigenvalue weighted by atomic mass is 16.2. The van der Waals surface area contributed by atoms with Crippen molar-refractivity contribution >= 4 is 29.1 Å². The number of fused-ring (bicyclic) bond motifs is 1. The number of hydrogen-bond acceptors (Lipinski definition) is 4. The molecule has 0 aromatic heterocycles. The van der Waals surface area contributed by atoms with Crippen LogP contribution in [0.5, 0.6) is 0 Å². The Hall–Kier alpha value is -4.26. The quantitative estimate of drug-likeness (QED) is 0.356. The minimum absolute atomic E-state index is 0.154. The zero-order chi connectivity index (χ0) is 28.6. The molecule has 0 radical (unpaired) electrons. The SMILES string of the molecule is CCCC(C(N)=O)C(CC(C)C)C(=O)NC1N=C(c2ccccc2)c2ccccc2N(Cc2ccccc2)C1=O. The van der Waals surface area contributed by atoms with Gasteiger partial charge in [-0.2, -0.15) is 0 Å². The Morgan fingerprint density at radius 2 is 1.55 bits per heavy atom. The van der Waals surface area contributed by atoms with Gasteiger partial charge in [-0.25, -0.2) is 4.99 Å². The Morgan fingerprint density at radius 1 is 0.925 bits per heavy atom. The second kappa shape index (κ2) is 13.2. The van der Waals surface area contributed by atoms with Crippen molar-refractivity contribution < 1.29 is 14.4 Å². The van der Waals surface area contributed by atoms with Crippen molar-refractivity contribution in [3.8, 4) is 0 Å². The van der Waals surface area contributed by atoms with Crippen LogP contribution >= 0.6 is 0 Å². The van der Waals surface area contributed by atoms with Gasteiger partial charge >= 0.3 is 0 Å². The van der Waals surface area contributed by atoms with Gasteiger partial charge in [0.2, 0.25) is 18.0 Å². The molecule has 3 amide bonds. The lowest BCUT2D eigenvalue weighted by atomic mass is 9.81. The summed E-state index contributed by atoms with van der Waals surface area (Å²) in [6.07, 6.45) is 0.518. The molecule has 3 aromatic carbocycles. The van der Waals surface area contributed by atoms with Gasteiger partial charge in [0.15, 0.2) is 0 Å². The van der Waals surface area contributed by atoms with Gasteiger partial charge in [-0.1, -0.05) is 106 Å². The van der Waals surface area contributed by atoms with Gasteiger partial charge in [0.25, 0.3) is 5.91 Å². The average molecular weight is 539 g/mol. The summed E-state index contributed by atoms with van der Waals surface area (Å²) in [5.74, 6) is -2.35. The summed E-state index contributed by atoms with van der Waals surface area (Å²) in [5, 5.41) is 2.93. The number of primary amides is 1. The Labute approximate surface area is 236 Å². The van der Waals surface area contributed by atoms with Crippen LogP contribution in [0.3, 0.4) is 0 Å². The normalized spacial score (nSPS) is 16.5. The van der Waals surface area contributed by atoms with Crippen molar-refractivity contribution in [3.63, 3.8) is 0 Å². The van der Waals surface area contributed by atoms with Gasteiger partial charge in [0.05, 0.1) is 17.9 Å². The van der Waals surface area contributed by atoms with E-state index in [0.717, 1.165) is 22.4 Å². The molecule has 0 fully saturated rings. The number of nitrogens with two attached hydrogens (primary N) is 1. The number of hydrogen-bond donors (Lipinski definition) is 2. The summed E-state index contributed by atoms with van der Waals surface area (Å²) < 4.78 is 0. The van der Waals surface area contributed by atoms with Crippen molar-refractivity contribution in [2.24, 2.45) is 28.5 Å². The number of carbonyl (C=O) groups excluding carboxylic acids is 3. The van der Waals surface area contributed by atoms with E-state index in [4.69, 9.17) is 10.7 Å². The van der Waals surface area contributed by atoms with E-state index in [0.29, 0.717) is 31.5 Å². The minimum atomic E-state index is -1.18. The zero-order valence-corrected chi connectivity index (χ0v) is 23.4. The third kappa shape index (κ3) is 6.65. The van der Waals surface area contributed by atoms with Gasteiger partial charge in [-0.15, -0.1) is 0 Å². The van der Waals surface area contributed by atoms with E-state index in [9.17, 15) is 14.4 Å². The Balaban J connectivity index is 1.79. The molecule has 1 aliphatic rings. The highest BCUT2D eigenvalue weighted by molar-refractivity contribution is 6.20. The first-order valence-corrected chi connectivity index (χ1v) is 14.0. The topological polar surface area (TPSA) is 105 Å². The van der Waals surface area contributed by atoms with Crippen LogP contribution in [0.25, 0.3) is 0 Å². The standard InChI is InChI=1S/C33H38N4O3/c1-4-13-25(30(34)38)27(20-22(2)3)32(39)36-31-33(40)37(21-23-14-7-5-8-15-23)28-19-12-11-18-26(28)29(35-31)24-16-9-6-10-17-24/h5-12,14-19,22,25,27,31H,4,13,20-21H2,1-3H3,(H2,34,38)(H,36,39). The number of para-hydroxylation sites is 1. The summed E-state index contributed by atoms with van der Waals surface area (Å²) in [6.45, 7) is 6.29. The van der Waals surface area contributed by atoms with Gasteiger partial charge in [-0.05, 0) is 30.4 Å². The molecule has 3 atom stereocenters. The van der Waals surface area contributed by atoms with Crippen molar-refractivity contribution in [3.05, 3.63) is 102 Å². The van der Waals surface area contributed by atoms with E-state index >= 15 is 0 Å². The lowest BCUT2D eigenvalue weighted by molar-refractivity contribution is -0.136.